The number of halogens is 1. The van der Waals surface area contributed by atoms with Gasteiger partial charge in [0.05, 0.1) is 10.9 Å². The summed E-state index contributed by atoms with van der Waals surface area (Å²) >= 11 is 5.75. The predicted molar refractivity (Wildman–Crippen MR) is 89.9 cm³/mol. The van der Waals surface area contributed by atoms with Crippen molar-refractivity contribution in [3.05, 3.63) is 29.3 Å². The number of amides is 1. The Balaban J connectivity index is 1.98. The Bertz CT molecular complexity index is 648. The average molecular weight is 360 g/mol. The zero-order valence-corrected chi connectivity index (χ0v) is 14.7. The van der Waals surface area contributed by atoms with Gasteiger partial charge in [0.15, 0.2) is 0 Å². The number of nitrogens with one attached hydrogen (secondary N) is 3. The van der Waals surface area contributed by atoms with Gasteiger partial charge in [-0.15, -0.1) is 0 Å². The first-order chi connectivity index (χ1) is 10.8. The molecule has 1 saturated heterocycles. The van der Waals surface area contributed by atoms with E-state index in [9.17, 15) is 13.2 Å². The molecule has 1 heterocycles. The number of carbonyl (C=O) groups is 1. The van der Waals surface area contributed by atoms with Crippen molar-refractivity contribution in [1.29, 1.82) is 0 Å². The molecule has 2 rings (SSSR count). The fraction of sp³-hybridized carbons (Fsp3) is 0.533. The van der Waals surface area contributed by atoms with E-state index in [1.807, 2.05) is 6.92 Å². The molecule has 0 bridgehead atoms. The van der Waals surface area contributed by atoms with Gasteiger partial charge in [-0.25, -0.2) is 8.42 Å². The highest BCUT2D eigenvalue weighted by atomic mass is 35.5. The Morgan fingerprint density at radius 1 is 1.35 bits per heavy atom. The molecule has 1 aromatic carbocycles. The number of sulfonamides is 1. The Morgan fingerprint density at radius 3 is 2.61 bits per heavy atom. The van der Waals surface area contributed by atoms with Crippen LogP contribution in [0.4, 0.5) is 0 Å². The third kappa shape index (κ3) is 4.91. The second-order valence-corrected chi connectivity index (χ2v) is 7.95. The van der Waals surface area contributed by atoms with E-state index < -0.39 is 16.1 Å². The minimum absolute atomic E-state index is 0.0127. The minimum atomic E-state index is -3.76. The highest BCUT2D eigenvalue weighted by Crippen LogP contribution is 2.14. The van der Waals surface area contributed by atoms with Gasteiger partial charge in [-0.3, -0.25) is 4.79 Å². The molecule has 1 aromatic rings. The molecular weight excluding hydrogens is 338 g/mol. The number of rotatable bonds is 5. The van der Waals surface area contributed by atoms with Gasteiger partial charge in [0.25, 0.3) is 0 Å². The summed E-state index contributed by atoms with van der Waals surface area (Å²) in [7, 11) is -3.76. The normalized spacial score (nSPS) is 23.3. The number of hydrogen-bond donors (Lipinski definition) is 3. The molecule has 3 unspecified atom stereocenters. The first-order valence-electron chi connectivity index (χ1n) is 7.61. The molecule has 0 aromatic heterocycles. The molecule has 1 fully saturated rings. The average Bonchev–Trinajstić information content (AvgIpc) is 2.49. The lowest BCUT2D eigenvalue weighted by atomic mass is 9.99. The van der Waals surface area contributed by atoms with Crippen LogP contribution in [0.2, 0.25) is 5.02 Å². The minimum Gasteiger partial charge on any atom is -0.350 e. The molecule has 8 heteroatoms. The second kappa shape index (κ2) is 7.61. The molecule has 1 amide bonds. The summed E-state index contributed by atoms with van der Waals surface area (Å²) in [5, 5.41) is 6.64. The lowest BCUT2D eigenvalue weighted by molar-refractivity contribution is -0.123. The van der Waals surface area contributed by atoms with E-state index in [0.717, 1.165) is 19.4 Å². The standard InChI is InChI=1S/C15H22ClN3O3S/c1-10-14(4-3-9-17-10)18-15(20)11(2)19-23(21,22)13-7-5-12(16)6-8-13/h5-8,10-11,14,17,19H,3-4,9H2,1-2H3,(H,18,20). The summed E-state index contributed by atoms with van der Waals surface area (Å²) in [5.41, 5.74) is 0. The summed E-state index contributed by atoms with van der Waals surface area (Å²) in [5.74, 6) is -0.330. The van der Waals surface area contributed by atoms with Crippen molar-refractivity contribution in [1.82, 2.24) is 15.4 Å². The summed E-state index contributed by atoms with van der Waals surface area (Å²) in [6.07, 6.45) is 1.87. The van der Waals surface area contributed by atoms with Gasteiger partial charge in [-0.2, -0.15) is 4.72 Å². The summed E-state index contributed by atoms with van der Waals surface area (Å²) in [6, 6.07) is 5.13. The van der Waals surface area contributed by atoms with Crippen LogP contribution in [0.15, 0.2) is 29.2 Å². The van der Waals surface area contributed by atoms with Crippen LogP contribution in [-0.4, -0.2) is 39.0 Å². The molecule has 3 N–H and O–H groups in total. The fourth-order valence-corrected chi connectivity index (χ4v) is 3.85. The topological polar surface area (TPSA) is 87.3 Å². The Labute approximate surface area is 142 Å². The van der Waals surface area contributed by atoms with Gasteiger partial charge in [-0.1, -0.05) is 11.6 Å². The van der Waals surface area contributed by atoms with E-state index in [0.29, 0.717) is 5.02 Å². The monoisotopic (exact) mass is 359 g/mol. The van der Waals surface area contributed by atoms with Crippen LogP contribution in [0.1, 0.15) is 26.7 Å². The van der Waals surface area contributed by atoms with Crippen LogP contribution >= 0.6 is 11.6 Å². The summed E-state index contributed by atoms with van der Waals surface area (Å²) in [6.45, 7) is 4.47. The quantitative estimate of drug-likeness (QED) is 0.738. The van der Waals surface area contributed by atoms with Crippen molar-refractivity contribution in [2.24, 2.45) is 0 Å². The third-order valence-electron chi connectivity index (χ3n) is 3.94. The highest BCUT2D eigenvalue weighted by Gasteiger charge is 2.27. The summed E-state index contributed by atoms with van der Waals surface area (Å²) in [4.78, 5) is 12.3. The van der Waals surface area contributed by atoms with Crippen molar-refractivity contribution < 1.29 is 13.2 Å². The molecule has 0 radical (unpaired) electrons. The van der Waals surface area contributed by atoms with Crippen LogP contribution in [0.5, 0.6) is 0 Å². The molecule has 6 nitrogen and oxygen atoms in total. The van der Waals surface area contributed by atoms with Crippen LogP contribution in [0, 0.1) is 0 Å². The largest absolute Gasteiger partial charge is 0.350 e. The van der Waals surface area contributed by atoms with Gasteiger partial charge in [0.2, 0.25) is 15.9 Å². The smallest absolute Gasteiger partial charge is 0.241 e. The molecule has 23 heavy (non-hydrogen) atoms. The molecule has 3 atom stereocenters. The lowest BCUT2D eigenvalue weighted by Gasteiger charge is -2.31. The van der Waals surface area contributed by atoms with Crippen molar-refractivity contribution in [2.45, 2.75) is 49.7 Å². The molecule has 0 spiro atoms. The first kappa shape index (κ1) is 18.2. The van der Waals surface area contributed by atoms with Crippen molar-refractivity contribution in [3.8, 4) is 0 Å². The zero-order valence-electron chi connectivity index (χ0n) is 13.2. The number of hydrogen-bond acceptors (Lipinski definition) is 4. The van der Waals surface area contributed by atoms with E-state index >= 15 is 0 Å². The maximum absolute atomic E-state index is 12.3. The first-order valence-corrected chi connectivity index (χ1v) is 9.47. The van der Waals surface area contributed by atoms with Crippen LogP contribution < -0.4 is 15.4 Å². The Kier molecular flexibility index (Phi) is 6.02. The lowest BCUT2D eigenvalue weighted by Crippen LogP contribution is -2.55. The number of carbonyl (C=O) groups excluding carboxylic acids is 1. The van der Waals surface area contributed by atoms with Crippen LogP contribution in [0.25, 0.3) is 0 Å². The van der Waals surface area contributed by atoms with Crippen LogP contribution in [-0.2, 0) is 14.8 Å². The predicted octanol–water partition coefficient (Wildman–Crippen LogP) is 1.26. The van der Waals surface area contributed by atoms with Crippen molar-refractivity contribution in [3.63, 3.8) is 0 Å². The van der Waals surface area contributed by atoms with Crippen LogP contribution in [0.3, 0.4) is 0 Å². The second-order valence-electron chi connectivity index (χ2n) is 5.80. The molecule has 128 valence electrons. The van der Waals surface area contributed by atoms with Crippen molar-refractivity contribution in [2.75, 3.05) is 6.54 Å². The molecule has 1 aliphatic heterocycles. The van der Waals surface area contributed by atoms with Gasteiger partial charge < -0.3 is 10.6 Å². The zero-order chi connectivity index (χ0) is 17.0. The molecule has 0 saturated carbocycles. The number of piperidine rings is 1. The molecular formula is C15H22ClN3O3S. The van der Waals surface area contributed by atoms with Gasteiger partial charge in [-0.05, 0) is 57.5 Å². The Hall–Kier alpha value is -1.15. The van der Waals surface area contributed by atoms with E-state index in [2.05, 4.69) is 15.4 Å². The van der Waals surface area contributed by atoms with Crippen molar-refractivity contribution >= 4 is 27.5 Å². The highest BCUT2D eigenvalue weighted by molar-refractivity contribution is 7.89. The summed E-state index contributed by atoms with van der Waals surface area (Å²) < 4.78 is 26.9. The van der Waals surface area contributed by atoms with Gasteiger partial charge >= 0.3 is 0 Å². The van der Waals surface area contributed by atoms with E-state index in [4.69, 9.17) is 11.6 Å². The van der Waals surface area contributed by atoms with Gasteiger partial charge in [0.1, 0.15) is 0 Å². The maximum Gasteiger partial charge on any atom is 0.241 e. The van der Waals surface area contributed by atoms with E-state index in [1.165, 1.54) is 31.2 Å². The molecule has 0 aliphatic carbocycles. The Morgan fingerprint density at radius 2 is 2.00 bits per heavy atom. The molecule has 1 aliphatic rings. The fourth-order valence-electron chi connectivity index (χ4n) is 2.52. The third-order valence-corrected chi connectivity index (χ3v) is 5.75. The maximum atomic E-state index is 12.3. The SMILES string of the molecule is CC(NS(=O)(=O)c1ccc(Cl)cc1)C(=O)NC1CCCNC1C. The van der Waals surface area contributed by atoms with E-state index in [-0.39, 0.29) is 22.9 Å². The van der Waals surface area contributed by atoms with Gasteiger partial charge in [0, 0.05) is 17.1 Å². The van der Waals surface area contributed by atoms with E-state index in [1.54, 1.807) is 0 Å². The number of benzene rings is 1.